The summed E-state index contributed by atoms with van der Waals surface area (Å²) in [6.07, 6.45) is 1.73. The van der Waals surface area contributed by atoms with E-state index in [4.69, 9.17) is 5.26 Å². The van der Waals surface area contributed by atoms with E-state index in [1.54, 1.807) is 47.4 Å². The molecule has 1 N–H and O–H groups in total. The first-order valence-electron chi connectivity index (χ1n) is 8.66. The van der Waals surface area contributed by atoms with Crippen LogP contribution in [0.4, 0.5) is 5.69 Å². The third-order valence-electron chi connectivity index (χ3n) is 3.75. The average Bonchev–Trinajstić information content (AvgIpc) is 2.68. The highest BCUT2D eigenvalue weighted by Gasteiger charge is 2.17. The Morgan fingerprint density at radius 1 is 1.04 bits per heavy atom. The van der Waals surface area contributed by atoms with Gasteiger partial charge < -0.3 is 10.2 Å². The van der Waals surface area contributed by atoms with Crippen LogP contribution in [0.1, 0.15) is 53.2 Å². The van der Waals surface area contributed by atoms with Gasteiger partial charge in [-0.3, -0.25) is 9.59 Å². The van der Waals surface area contributed by atoms with Crippen molar-refractivity contribution in [3.05, 3.63) is 59.4 Å². The van der Waals surface area contributed by atoms with Gasteiger partial charge in [-0.25, -0.2) is 4.98 Å². The van der Waals surface area contributed by atoms with Crippen LogP contribution in [-0.2, 0) is 0 Å². The fourth-order valence-electron chi connectivity index (χ4n) is 2.52. The summed E-state index contributed by atoms with van der Waals surface area (Å²) in [4.78, 5) is 31.0. The average molecular weight is 350 g/mol. The van der Waals surface area contributed by atoms with Crippen molar-refractivity contribution < 1.29 is 9.59 Å². The van der Waals surface area contributed by atoms with Crippen LogP contribution in [0.25, 0.3) is 0 Å². The molecule has 0 aliphatic rings. The largest absolute Gasteiger partial charge is 0.337 e. The molecule has 0 fully saturated rings. The molecule has 2 amide bonds. The molecule has 0 aliphatic heterocycles. The van der Waals surface area contributed by atoms with Crippen LogP contribution in [0.3, 0.4) is 0 Å². The van der Waals surface area contributed by atoms with Crippen LogP contribution >= 0.6 is 0 Å². The van der Waals surface area contributed by atoms with E-state index in [9.17, 15) is 9.59 Å². The highest BCUT2D eigenvalue weighted by atomic mass is 16.2. The van der Waals surface area contributed by atoms with Gasteiger partial charge >= 0.3 is 0 Å². The smallest absolute Gasteiger partial charge is 0.274 e. The Labute approximate surface area is 153 Å². The molecular weight excluding hydrogens is 328 g/mol. The van der Waals surface area contributed by atoms with Gasteiger partial charge in [-0.15, -0.1) is 0 Å². The van der Waals surface area contributed by atoms with Gasteiger partial charge in [0.25, 0.3) is 11.8 Å². The van der Waals surface area contributed by atoms with Crippen LogP contribution in [0.15, 0.2) is 42.5 Å². The molecule has 0 atom stereocenters. The Bertz CT molecular complexity index is 803. The molecule has 2 aromatic rings. The molecule has 1 aromatic heterocycles. The minimum atomic E-state index is -0.401. The number of pyridine rings is 1. The summed E-state index contributed by atoms with van der Waals surface area (Å²) in [5.74, 6) is -0.566. The van der Waals surface area contributed by atoms with E-state index < -0.39 is 5.91 Å². The van der Waals surface area contributed by atoms with E-state index in [2.05, 4.69) is 10.3 Å². The van der Waals surface area contributed by atoms with Crippen molar-refractivity contribution >= 4 is 17.5 Å². The fourth-order valence-corrected chi connectivity index (χ4v) is 2.52. The van der Waals surface area contributed by atoms with Crippen molar-refractivity contribution in [3.8, 4) is 6.07 Å². The first-order valence-corrected chi connectivity index (χ1v) is 8.66. The second-order valence-corrected chi connectivity index (χ2v) is 5.84. The number of carbonyl (C=O) groups excluding carboxylic acids is 2. The molecule has 0 unspecified atom stereocenters. The molecule has 2 rings (SSSR count). The molecule has 6 nitrogen and oxygen atoms in total. The van der Waals surface area contributed by atoms with Gasteiger partial charge in [0.1, 0.15) is 11.4 Å². The monoisotopic (exact) mass is 350 g/mol. The maximum Gasteiger partial charge on any atom is 0.274 e. The number of rotatable bonds is 7. The van der Waals surface area contributed by atoms with Crippen molar-refractivity contribution in [1.29, 1.82) is 5.26 Å². The van der Waals surface area contributed by atoms with Crippen molar-refractivity contribution in [1.82, 2.24) is 9.88 Å². The van der Waals surface area contributed by atoms with Gasteiger partial charge in [0.05, 0.1) is 11.6 Å². The third-order valence-corrected chi connectivity index (χ3v) is 3.75. The predicted octanol–water partition coefficient (Wildman–Crippen LogP) is 3.47. The SMILES string of the molecule is CCCN(CCC)C(=O)c1cccc(C(=O)Nc2ccc(C#N)cc2)n1. The first kappa shape index (κ1) is 19.1. The van der Waals surface area contributed by atoms with E-state index in [0.29, 0.717) is 24.3 Å². The van der Waals surface area contributed by atoms with Crippen molar-refractivity contribution in [3.63, 3.8) is 0 Å². The second kappa shape index (κ2) is 9.33. The lowest BCUT2D eigenvalue weighted by atomic mass is 10.2. The van der Waals surface area contributed by atoms with E-state index in [1.807, 2.05) is 19.9 Å². The summed E-state index contributed by atoms with van der Waals surface area (Å²) in [6, 6.07) is 13.4. The highest BCUT2D eigenvalue weighted by Crippen LogP contribution is 2.11. The molecule has 0 saturated heterocycles. The molecule has 1 aromatic carbocycles. The first-order chi connectivity index (χ1) is 12.6. The van der Waals surface area contributed by atoms with Gasteiger partial charge in [0.2, 0.25) is 0 Å². The molecule has 0 aliphatic carbocycles. The van der Waals surface area contributed by atoms with Crippen LogP contribution in [-0.4, -0.2) is 34.8 Å². The number of benzene rings is 1. The van der Waals surface area contributed by atoms with Crippen LogP contribution in [0.5, 0.6) is 0 Å². The Balaban J connectivity index is 2.15. The third kappa shape index (κ3) is 4.90. The Kier molecular flexibility index (Phi) is 6.86. The van der Waals surface area contributed by atoms with Crippen molar-refractivity contribution in [2.75, 3.05) is 18.4 Å². The zero-order valence-corrected chi connectivity index (χ0v) is 15.0. The molecular formula is C20H22N4O2. The standard InChI is InChI=1S/C20H22N4O2/c1-3-12-24(13-4-2)20(26)18-7-5-6-17(23-18)19(25)22-16-10-8-15(14-21)9-11-16/h5-11H,3-4,12-13H2,1-2H3,(H,22,25). The Morgan fingerprint density at radius 3 is 2.23 bits per heavy atom. The van der Waals surface area contributed by atoms with Gasteiger partial charge in [-0.1, -0.05) is 19.9 Å². The summed E-state index contributed by atoms with van der Waals surface area (Å²) < 4.78 is 0. The lowest BCUT2D eigenvalue weighted by molar-refractivity contribution is 0.0749. The van der Waals surface area contributed by atoms with E-state index in [1.165, 1.54) is 0 Å². The zero-order valence-electron chi connectivity index (χ0n) is 15.0. The minimum Gasteiger partial charge on any atom is -0.337 e. The molecule has 0 bridgehead atoms. The second-order valence-electron chi connectivity index (χ2n) is 5.84. The molecule has 0 radical (unpaired) electrons. The highest BCUT2D eigenvalue weighted by molar-refractivity contribution is 6.03. The predicted molar refractivity (Wildman–Crippen MR) is 99.8 cm³/mol. The number of anilines is 1. The van der Waals surface area contributed by atoms with Gasteiger partial charge in [-0.05, 0) is 49.2 Å². The van der Waals surface area contributed by atoms with Gasteiger partial charge in [0, 0.05) is 18.8 Å². The fraction of sp³-hybridized carbons (Fsp3) is 0.300. The molecule has 6 heteroatoms. The summed E-state index contributed by atoms with van der Waals surface area (Å²) in [6.45, 7) is 5.36. The normalized spacial score (nSPS) is 10.0. The minimum absolute atomic E-state index is 0.165. The number of hydrogen-bond acceptors (Lipinski definition) is 4. The molecule has 1 heterocycles. The van der Waals surface area contributed by atoms with Crippen LogP contribution < -0.4 is 5.32 Å². The van der Waals surface area contributed by atoms with E-state index >= 15 is 0 Å². The Morgan fingerprint density at radius 2 is 1.65 bits per heavy atom. The molecule has 134 valence electrons. The number of carbonyl (C=O) groups is 2. The summed E-state index contributed by atoms with van der Waals surface area (Å²) in [7, 11) is 0. The van der Waals surface area contributed by atoms with Crippen LogP contribution in [0.2, 0.25) is 0 Å². The number of hydrogen-bond donors (Lipinski definition) is 1. The number of nitrogens with zero attached hydrogens (tertiary/aromatic N) is 3. The Hall–Kier alpha value is -3.20. The number of aromatic nitrogens is 1. The lowest BCUT2D eigenvalue weighted by Crippen LogP contribution is -2.33. The topological polar surface area (TPSA) is 86.1 Å². The van der Waals surface area contributed by atoms with Gasteiger partial charge in [0.15, 0.2) is 0 Å². The maximum absolute atomic E-state index is 12.6. The summed E-state index contributed by atoms with van der Waals surface area (Å²) in [5, 5.41) is 11.5. The number of amides is 2. The zero-order chi connectivity index (χ0) is 18.9. The lowest BCUT2D eigenvalue weighted by Gasteiger charge is -2.21. The molecule has 26 heavy (non-hydrogen) atoms. The molecule has 0 spiro atoms. The number of nitriles is 1. The molecule has 0 saturated carbocycles. The van der Waals surface area contributed by atoms with Crippen molar-refractivity contribution in [2.24, 2.45) is 0 Å². The maximum atomic E-state index is 12.6. The number of nitrogens with one attached hydrogen (secondary N) is 1. The summed E-state index contributed by atoms with van der Waals surface area (Å²) >= 11 is 0. The van der Waals surface area contributed by atoms with E-state index in [-0.39, 0.29) is 17.3 Å². The van der Waals surface area contributed by atoms with Crippen LogP contribution in [0, 0.1) is 11.3 Å². The van der Waals surface area contributed by atoms with Gasteiger partial charge in [-0.2, -0.15) is 5.26 Å². The quantitative estimate of drug-likeness (QED) is 0.828. The van der Waals surface area contributed by atoms with E-state index in [0.717, 1.165) is 12.8 Å². The van der Waals surface area contributed by atoms with Crippen molar-refractivity contribution in [2.45, 2.75) is 26.7 Å². The summed E-state index contributed by atoms with van der Waals surface area (Å²) in [5.41, 5.74) is 1.51.